The minimum absolute atomic E-state index is 0.00226. The molecule has 1 aromatic heterocycles. The number of H-pyrrole nitrogens is 1. The van der Waals surface area contributed by atoms with E-state index in [1.807, 2.05) is 0 Å². The molecule has 3 rings (SSSR count). The summed E-state index contributed by atoms with van der Waals surface area (Å²) >= 11 is 0. The fraction of sp³-hybridized carbons (Fsp3) is 0.118. The molecular formula is C17H14N4O5. The van der Waals surface area contributed by atoms with Crippen LogP contribution in [-0.2, 0) is 11.3 Å². The molecule has 3 aromatic rings. The second kappa shape index (κ2) is 7.01. The zero-order valence-corrected chi connectivity index (χ0v) is 13.5. The molecule has 0 aliphatic carbocycles. The summed E-state index contributed by atoms with van der Waals surface area (Å²) in [5.41, 5.74) is -0.470. The summed E-state index contributed by atoms with van der Waals surface area (Å²) in [6.07, 6.45) is -0.0504. The van der Waals surface area contributed by atoms with Crippen LogP contribution in [0.25, 0.3) is 10.8 Å². The summed E-state index contributed by atoms with van der Waals surface area (Å²) in [4.78, 5) is 46.4. The van der Waals surface area contributed by atoms with Crippen molar-refractivity contribution in [2.24, 2.45) is 0 Å². The van der Waals surface area contributed by atoms with Gasteiger partial charge in [0, 0.05) is 24.2 Å². The Hall–Kier alpha value is -3.75. The molecule has 1 amide bonds. The number of fused-ring (bicyclic) bond motifs is 1. The van der Waals surface area contributed by atoms with Gasteiger partial charge in [-0.25, -0.2) is 4.68 Å². The van der Waals surface area contributed by atoms with E-state index in [9.17, 15) is 24.5 Å². The SMILES string of the molecule is O=C(CCn1[nH]c(=O)c2ccccc2c1=O)Nc1ccc([N+](=O)[O-])cc1. The monoisotopic (exact) mass is 354 g/mol. The summed E-state index contributed by atoms with van der Waals surface area (Å²) < 4.78 is 1.10. The van der Waals surface area contributed by atoms with Gasteiger partial charge in [-0.2, -0.15) is 0 Å². The predicted octanol–water partition coefficient (Wildman–Crippen LogP) is 1.63. The molecular weight excluding hydrogens is 340 g/mol. The summed E-state index contributed by atoms with van der Waals surface area (Å²) in [5, 5.41) is 16.2. The number of anilines is 1. The highest BCUT2D eigenvalue weighted by Crippen LogP contribution is 2.15. The lowest BCUT2D eigenvalue weighted by Crippen LogP contribution is -2.31. The van der Waals surface area contributed by atoms with E-state index >= 15 is 0 Å². The Morgan fingerprint density at radius 1 is 1.08 bits per heavy atom. The van der Waals surface area contributed by atoms with Gasteiger partial charge in [0.2, 0.25) is 5.91 Å². The Labute approximate surface area is 146 Å². The number of hydrogen-bond donors (Lipinski definition) is 2. The van der Waals surface area contributed by atoms with Crippen molar-refractivity contribution in [1.82, 2.24) is 9.78 Å². The first-order valence-corrected chi connectivity index (χ1v) is 7.72. The largest absolute Gasteiger partial charge is 0.326 e. The highest BCUT2D eigenvalue weighted by Gasteiger charge is 2.10. The third-order valence-corrected chi connectivity index (χ3v) is 3.81. The number of carbonyl (C=O) groups excluding carboxylic acids is 1. The molecule has 2 N–H and O–H groups in total. The van der Waals surface area contributed by atoms with Crippen molar-refractivity contribution in [3.05, 3.63) is 79.4 Å². The quantitative estimate of drug-likeness (QED) is 0.532. The number of non-ortho nitro benzene ring substituents is 1. The molecule has 0 saturated carbocycles. The summed E-state index contributed by atoms with van der Waals surface area (Å²) in [5.74, 6) is -0.389. The lowest BCUT2D eigenvalue weighted by molar-refractivity contribution is -0.384. The third kappa shape index (κ3) is 3.51. The standard InChI is InChI=1S/C17H14N4O5/c22-15(18-11-5-7-12(8-6-11)21(25)26)9-10-20-17(24)14-4-2-1-3-13(14)16(23)19-20/h1-8H,9-10H2,(H,18,22)(H,19,23). The van der Waals surface area contributed by atoms with E-state index in [-0.39, 0.29) is 35.5 Å². The van der Waals surface area contributed by atoms with E-state index in [1.54, 1.807) is 24.3 Å². The van der Waals surface area contributed by atoms with Gasteiger partial charge in [0.15, 0.2) is 0 Å². The van der Waals surface area contributed by atoms with E-state index in [0.29, 0.717) is 11.1 Å². The van der Waals surface area contributed by atoms with Crippen LogP contribution in [0, 0.1) is 10.1 Å². The molecule has 132 valence electrons. The summed E-state index contributed by atoms with van der Waals surface area (Å²) in [6, 6.07) is 11.8. The fourth-order valence-electron chi connectivity index (χ4n) is 2.51. The number of aryl methyl sites for hydroxylation is 1. The van der Waals surface area contributed by atoms with Crippen LogP contribution in [0.3, 0.4) is 0 Å². The van der Waals surface area contributed by atoms with E-state index in [0.717, 1.165) is 4.68 Å². The van der Waals surface area contributed by atoms with Crippen LogP contribution in [0.15, 0.2) is 58.1 Å². The van der Waals surface area contributed by atoms with Gasteiger partial charge >= 0.3 is 0 Å². The number of nitrogens with one attached hydrogen (secondary N) is 2. The molecule has 0 fully saturated rings. The first-order chi connectivity index (χ1) is 12.5. The highest BCUT2D eigenvalue weighted by atomic mass is 16.6. The number of hydrogen-bond acceptors (Lipinski definition) is 5. The number of benzene rings is 2. The van der Waals surface area contributed by atoms with Gasteiger partial charge in [-0.1, -0.05) is 12.1 Å². The average molecular weight is 354 g/mol. The van der Waals surface area contributed by atoms with Gasteiger partial charge in [-0.05, 0) is 24.3 Å². The van der Waals surface area contributed by atoms with Crippen LogP contribution in [0.1, 0.15) is 6.42 Å². The topological polar surface area (TPSA) is 127 Å². The molecule has 9 nitrogen and oxygen atoms in total. The van der Waals surface area contributed by atoms with Crippen molar-refractivity contribution < 1.29 is 9.72 Å². The normalized spacial score (nSPS) is 10.6. The Bertz CT molecular complexity index is 1100. The first-order valence-electron chi connectivity index (χ1n) is 7.72. The molecule has 2 aromatic carbocycles. The van der Waals surface area contributed by atoms with Crippen molar-refractivity contribution in [2.75, 3.05) is 5.32 Å². The zero-order valence-electron chi connectivity index (χ0n) is 13.5. The first kappa shape index (κ1) is 17.1. The average Bonchev–Trinajstić information content (AvgIpc) is 2.64. The minimum atomic E-state index is -0.534. The molecule has 26 heavy (non-hydrogen) atoms. The number of nitro groups is 1. The molecule has 0 spiro atoms. The molecule has 0 aliphatic rings. The van der Waals surface area contributed by atoms with Crippen molar-refractivity contribution in [3.8, 4) is 0 Å². The Kier molecular flexibility index (Phi) is 4.61. The number of amides is 1. The van der Waals surface area contributed by atoms with Gasteiger partial charge in [0.1, 0.15) is 0 Å². The van der Waals surface area contributed by atoms with Crippen LogP contribution in [0.2, 0.25) is 0 Å². The molecule has 1 heterocycles. The third-order valence-electron chi connectivity index (χ3n) is 3.81. The molecule has 0 saturated heterocycles. The van der Waals surface area contributed by atoms with Crippen LogP contribution in [0.4, 0.5) is 11.4 Å². The second-order valence-electron chi connectivity index (χ2n) is 5.55. The second-order valence-corrected chi connectivity index (χ2v) is 5.55. The molecule has 9 heteroatoms. The predicted molar refractivity (Wildman–Crippen MR) is 95.2 cm³/mol. The van der Waals surface area contributed by atoms with Crippen molar-refractivity contribution in [2.45, 2.75) is 13.0 Å². The van der Waals surface area contributed by atoms with Crippen LogP contribution < -0.4 is 16.4 Å². The van der Waals surface area contributed by atoms with Gasteiger partial charge in [0.05, 0.1) is 22.2 Å². The Morgan fingerprint density at radius 3 is 2.38 bits per heavy atom. The van der Waals surface area contributed by atoms with Gasteiger partial charge < -0.3 is 5.32 Å². The van der Waals surface area contributed by atoms with Crippen molar-refractivity contribution >= 4 is 28.1 Å². The number of carbonyl (C=O) groups is 1. The van der Waals surface area contributed by atoms with Crippen LogP contribution in [0.5, 0.6) is 0 Å². The molecule has 0 atom stereocenters. The maximum atomic E-state index is 12.4. The number of nitro benzene ring substituents is 1. The lowest BCUT2D eigenvalue weighted by Gasteiger charge is -2.08. The molecule has 0 aliphatic heterocycles. The molecule has 0 unspecified atom stereocenters. The summed E-state index contributed by atoms with van der Waals surface area (Å²) in [7, 11) is 0. The number of rotatable bonds is 5. The summed E-state index contributed by atoms with van der Waals surface area (Å²) in [6.45, 7) is -0.00226. The highest BCUT2D eigenvalue weighted by molar-refractivity contribution is 5.90. The number of nitrogens with zero attached hydrogens (tertiary/aromatic N) is 2. The molecule has 0 radical (unpaired) electrons. The van der Waals surface area contributed by atoms with E-state index in [4.69, 9.17) is 0 Å². The maximum absolute atomic E-state index is 12.4. The Balaban J connectivity index is 1.71. The fourth-order valence-corrected chi connectivity index (χ4v) is 2.51. The van der Waals surface area contributed by atoms with Crippen molar-refractivity contribution in [3.63, 3.8) is 0 Å². The van der Waals surface area contributed by atoms with Crippen molar-refractivity contribution in [1.29, 1.82) is 0 Å². The van der Waals surface area contributed by atoms with Crippen LogP contribution >= 0.6 is 0 Å². The maximum Gasteiger partial charge on any atom is 0.273 e. The van der Waals surface area contributed by atoms with E-state index in [1.165, 1.54) is 24.3 Å². The van der Waals surface area contributed by atoms with E-state index < -0.39 is 10.5 Å². The lowest BCUT2D eigenvalue weighted by atomic mass is 10.2. The number of aromatic amines is 1. The van der Waals surface area contributed by atoms with Gasteiger partial charge in [-0.15, -0.1) is 0 Å². The zero-order chi connectivity index (χ0) is 18.7. The molecule has 0 bridgehead atoms. The van der Waals surface area contributed by atoms with E-state index in [2.05, 4.69) is 10.4 Å². The minimum Gasteiger partial charge on any atom is -0.326 e. The van der Waals surface area contributed by atoms with Crippen LogP contribution in [-0.4, -0.2) is 20.6 Å². The number of aromatic nitrogens is 2. The Morgan fingerprint density at radius 2 is 1.73 bits per heavy atom. The smallest absolute Gasteiger partial charge is 0.273 e. The van der Waals surface area contributed by atoms with Gasteiger partial charge in [-0.3, -0.25) is 29.6 Å². The van der Waals surface area contributed by atoms with Gasteiger partial charge in [0.25, 0.3) is 16.8 Å².